The molecule has 3 aliphatic rings. The van der Waals surface area contributed by atoms with E-state index in [0.29, 0.717) is 0 Å². The minimum absolute atomic E-state index is 0.806. The highest BCUT2D eigenvalue weighted by molar-refractivity contribution is 5.65. The van der Waals surface area contributed by atoms with E-state index in [0.717, 1.165) is 80.1 Å². The standard InChI is InChI=1S/C23H29N5/c1-17-12-21-23(28(17)16-18-6-7-18)25-22(14-24-21)20-5-3-4-19(13-20)15-27-10-8-26(2)9-11-27/h3-5,13-14,18H,1,6-12,15-16H2,2H3. The first-order valence-corrected chi connectivity index (χ1v) is 10.5. The Balaban J connectivity index is 1.36. The van der Waals surface area contributed by atoms with Crippen LogP contribution in [0, 0.1) is 5.92 Å². The number of likely N-dealkylation sites (N-methyl/N-ethyl adjacent to an activating group) is 1. The molecular formula is C23H29N5. The number of aromatic nitrogens is 2. The quantitative estimate of drug-likeness (QED) is 0.802. The lowest BCUT2D eigenvalue weighted by atomic mass is 10.1. The van der Waals surface area contributed by atoms with Gasteiger partial charge in [0.25, 0.3) is 0 Å². The SMILES string of the molecule is C=C1Cc2ncc(-c3cccc(CN4CCN(C)CC4)c3)nc2N1CC1CC1. The summed E-state index contributed by atoms with van der Waals surface area (Å²) in [5, 5.41) is 0. The zero-order chi connectivity index (χ0) is 19.1. The second-order valence-electron chi connectivity index (χ2n) is 8.60. The van der Waals surface area contributed by atoms with Crippen molar-refractivity contribution in [3.05, 3.63) is 54.0 Å². The summed E-state index contributed by atoms with van der Waals surface area (Å²) in [6.07, 6.45) is 5.43. The first-order valence-electron chi connectivity index (χ1n) is 10.5. The zero-order valence-electron chi connectivity index (χ0n) is 16.8. The Morgan fingerprint density at radius 2 is 1.96 bits per heavy atom. The molecule has 5 rings (SSSR count). The van der Waals surface area contributed by atoms with E-state index < -0.39 is 0 Å². The number of allylic oxidation sites excluding steroid dienone is 1. The van der Waals surface area contributed by atoms with E-state index >= 15 is 0 Å². The van der Waals surface area contributed by atoms with Gasteiger partial charge in [-0.05, 0) is 37.4 Å². The maximum atomic E-state index is 5.02. The zero-order valence-corrected chi connectivity index (χ0v) is 16.8. The lowest BCUT2D eigenvalue weighted by Crippen LogP contribution is -2.43. The van der Waals surface area contributed by atoms with E-state index in [2.05, 4.69) is 52.6 Å². The third kappa shape index (κ3) is 3.69. The minimum atomic E-state index is 0.806. The maximum absolute atomic E-state index is 5.02. The van der Waals surface area contributed by atoms with Gasteiger partial charge in [-0.3, -0.25) is 9.88 Å². The monoisotopic (exact) mass is 375 g/mol. The van der Waals surface area contributed by atoms with Gasteiger partial charge in [0.2, 0.25) is 0 Å². The summed E-state index contributed by atoms with van der Waals surface area (Å²) in [4.78, 5) is 17.0. The molecule has 0 unspecified atom stereocenters. The predicted octanol–water partition coefficient (Wildman–Crippen LogP) is 3.18. The van der Waals surface area contributed by atoms with E-state index in [4.69, 9.17) is 9.97 Å². The lowest BCUT2D eigenvalue weighted by molar-refractivity contribution is 0.148. The molecule has 0 atom stereocenters. The normalized spacial score (nSPS) is 20.6. The van der Waals surface area contributed by atoms with E-state index in [1.165, 1.54) is 18.4 Å². The molecule has 0 N–H and O–H groups in total. The third-order valence-electron chi connectivity index (χ3n) is 6.20. The van der Waals surface area contributed by atoms with Crippen molar-refractivity contribution in [2.24, 2.45) is 5.92 Å². The molecule has 0 spiro atoms. The number of fused-ring (bicyclic) bond motifs is 1. The highest BCUT2D eigenvalue weighted by atomic mass is 15.2. The number of piperazine rings is 1. The number of hydrogen-bond donors (Lipinski definition) is 0. The number of nitrogens with zero attached hydrogens (tertiary/aromatic N) is 5. The topological polar surface area (TPSA) is 35.5 Å². The molecule has 0 amide bonds. The van der Waals surface area contributed by atoms with Gasteiger partial charge in [0.1, 0.15) is 0 Å². The van der Waals surface area contributed by atoms with Gasteiger partial charge in [-0.2, -0.15) is 0 Å². The molecule has 28 heavy (non-hydrogen) atoms. The van der Waals surface area contributed by atoms with Crippen molar-refractivity contribution in [2.45, 2.75) is 25.8 Å². The molecule has 146 valence electrons. The number of rotatable bonds is 5. The summed E-state index contributed by atoms with van der Waals surface area (Å²) in [7, 11) is 2.20. The Morgan fingerprint density at radius 3 is 2.75 bits per heavy atom. The van der Waals surface area contributed by atoms with Crippen LogP contribution in [0.1, 0.15) is 24.1 Å². The number of hydrogen-bond acceptors (Lipinski definition) is 5. The Labute approximate surface area is 167 Å². The second kappa shape index (κ2) is 7.30. The highest BCUT2D eigenvalue weighted by Crippen LogP contribution is 2.38. The van der Waals surface area contributed by atoms with Gasteiger partial charge in [-0.15, -0.1) is 0 Å². The van der Waals surface area contributed by atoms with Gasteiger partial charge in [0.05, 0.1) is 17.6 Å². The summed E-state index contributed by atoms with van der Waals surface area (Å²) >= 11 is 0. The first kappa shape index (κ1) is 17.8. The van der Waals surface area contributed by atoms with Crippen LogP contribution in [0.3, 0.4) is 0 Å². The van der Waals surface area contributed by atoms with Crippen LogP contribution in [0.25, 0.3) is 11.3 Å². The van der Waals surface area contributed by atoms with Crippen molar-refractivity contribution in [1.82, 2.24) is 19.8 Å². The Bertz CT molecular complexity index is 880. The molecule has 1 saturated carbocycles. The molecule has 2 aliphatic heterocycles. The molecule has 3 heterocycles. The van der Waals surface area contributed by atoms with Crippen LogP contribution in [-0.4, -0.2) is 59.5 Å². The Kier molecular flexibility index (Phi) is 4.65. The van der Waals surface area contributed by atoms with Crippen LogP contribution in [-0.2, 0) is 13.0 Å². The minimum Gasteiger partial charge on any atom is -0.329 e. The molecular weight excluding hydrogens is 346 g/mol. The van der Waals surface area contributed by atoms with Crippen LogP contribution in [0.5, 0.6) is 0 Å². The lowest BCUT2D eigenvalue weighted by Gasteiger charge is -2.32. The van der Waals surface area contributed by atoms with Gasteiger partial charge in [-0.25, -0.2) is 4.98 Å². The maximum Gasteiger partial charge on any atom is 0.155 e. The smallest absolute Gasteiger partial charge is 0.155 e. The van der Waals surface area contributed by atoms with E-state index in [-0.39, 0.29) is 0 Å². The number of anilines is 1. The largest absolute Gasteiger partial charge is 0.329 e. The predicted molar refractivity (Wildman–Crippen MR) is 113 cm³/mol. The van der Waals surface area contributed by atoms with Crippen molar-refractivity contribution in [1.29, 1.82) is 0 Å². The van der Waals surface area contributed by atoms with Crippen molar-refractivity contribution < 1.29 is 0 Å². The van der Waals surface area contributed by atoms with Crippen molar-refractivity contribution in [3.8, 4) is 11.3 Å². The molecule has 5 heteroatoms. The Hall–Kier alpha value is -2.24. The highest BCUT2D eigenvalue weighted by Gasteiger charge is 2.32. The van der Waals surface area contributed by atoms with Gasteiger partial charge in [-0.1, -0.05) is 24.8 Å². The molecule has 1 aromatic carbocycles. The molecule has 1 aliphatic carbocycles. The van der Waals surface area contributed by atoms with Crippen molar-refractivity contribution in [3.63, 3.8) is 0 Å². The summed E-state index contributed by atoms with van der Waals surface area (Å²) in [6.45, 7) is 10.9. The van der Waals surface area contributed by atoms with E-state index in [1.807, 2.05) is 6.20 Å². The molecule has 2 fully saturated rings. The summed E-state index contributed by atoms with van der Waals surface area (Å²) in [5.74, 6) is 1.83. The molecule has 0 bridgehead atoms. The fourth-order valence-electron chi connectivity index (χ4n) is 4.19. The second-order valence-corrected chi connectivity index (χ2v) is 8.60. The summed E-state index contributed by atoms with van der Waals surface area (Å²) in [5.41, 5.74) is 5.69. The molecule has 2 aromatic rings. The van der Waals surface area contributed by atoms with E-state index in [9.17, 15) is 0 Å². The average Bonchev–Trinajstić information content (AvgIpc) is 3.47. The van der Waals surface area contributed by atoms with Crippen molar-refractivity contribution in [2.75, 3.05) is 44.7 Å². The fraction of sp³-hybridized carbons (Fsp3) is 0.478. The van der Waals surface area contributed by atoms with Crippen molar-refractivity contribution >= 4 is 5.82 Å². The van der Waals surface area contributed by atoms with Crippen LogP contribution in [0.2, 0.25) is 0 Å². The third-order valence-corrected chi connectivity index (χ3v) is 6.20. The van der Waals surface area contributed by atoms with Crippen LogP contribution in [0.4, 0.5) is 5.82 Å². The Morgan fingerprint density at radius 1 is 1.14 bits per heavy atom. The number of benzene rings is 1. The molecule has 1 aromatic heterocycles. The van der Waals surface area contributed by atoms with E-state index in [1.54, 1.807) is 0 Å². The van der Waals surface area contributed by atoms with Gasteiger partial charge < -0.3 is 9.80 Å². The van der Waals surface area contributed by atoms with Gasteiger partial charge >= 0.3 is 0 Å². The van der Waals surface area contributed by atoms with Crippen LogP contribution < -0.4 is 4.90 Å². The van der Waals surface area contributed by atoms with Gasteiger partial charge in [0, 0.05) is 56.9 Å². The van der Waals surface area contributed by atoms with Crippen LogP contribution in [0.15, 0.2) is 42.7 Å². The summed E-state index contributed by atoms with van der Waals surface area (Å²) < 4.78 is 0. The fourth-order valence-corrected chi connectivity index (χ4v) is 4.19. The molecule has 5 nitrogen and oxygen atoms in total. The molecule has 1 saturated heterocycles. The molecule has 0 radical (unpaired) electrons. The van der Waals surface area contributed by atoms with Crippen LogP contribution >= 0.6 is 0 Å². The van der Waals surface area contributed by atoms with Gasteiger partial charge in [0.15, 0.2) is 5.82 Å². The summed E-state index contributed by atoms with van der Waals surface area (Å²) in [6, 6.07) is 8.81. The first-order chi connectivity index (χ1) is 13.7. The average molecular weight is 376 g/mol.